The summed E-state index contributed by atoms with van der Waals surface area (Å²) < 4.78 is 8.05. The van der Waals surface area contributed by atoms with Crippen molar-refractivity contribution in [2.24, 2.45) is 0 Å². The van der Waals surface area contributed by atoms with E-state index in [1.165, 1.54) is 4.40 Å². The highest BCUT2D eigenvalue weighted by Gasteiger charge is 2.35. The van der Waals surface area contributed by atoms with Crippen LogP contribution in [-0.2, 0) is 0 Å². The van der Waals surface area contributed by atoms with Crippen LogP contribution in [0.4, 0.5) is 0 Å². The van der Waals surface area contributed by atoms with Crippen molar-refractivity contribution in [3.05, 3.63) is 221 Å². The van der Waals surface area contributed by atoms with Gasteiger partial charge in [-0.2, -0.15) is 0 Å². The van der Waals surface area contributed by atoms with Gasteiger partial charge in [0.15, 0.2) is 5.75 Å². The molecule has 4 heterocycles. The maximum absolute atomic E-state index is 16.3. The zero-order chi connectivity index (χ0) is 43.1. The van der Waals surface area contributed by atoms with Crippen molar-refractivity contribution in [1.82, 2.24) is 29.3 Å². The molecule has 0 unspecified atom stereocenters. The Hall–Kier alpha value is -9.02. The summed E-state index contributed by atoms with van der Waals surface area (Å²) in [7, 11) is 0. The summed E-state index contributed by atoms with van der Waals surface area (Å²) in [5, 5.41) is 0. The van der Waals surface area contributed by atoms with E-state index in [9.17, 15) is 4.79 Å². The van der Waals surface area contributed by atoms with Gasteiger partial charge in [-0.1, -0.05) is 146 Å². The third kappa shape index (κ3) is 6.54. The Balaban J connectivity index is 1.37. The molecule has 11 aromatic rings. The number of ether oxygens (including phenoxy) is 1. The largest absolute Gasteiger partial charge is 0.421 e. The number of para-hydroxylation sites is 6. The molecule has 0 atom stereocenters. The Morgan fingerprint density at radius 2 is 0.844 bits per heavy atom. The van der Waals surface area contributed by atoms with Crippen molar-refractivity contribution in [1.29, 1.82) is 0 Å². The number of benzene rings is 7. The van der Waals surface area contributed by atoms with Crippen LogP contribution in [0.5, 0.6) is 5.75 Å². The number of hydrogen-bond acceptors (Lipinski definition) is 9. The van der Waals surface area contributed by atoms with Gasteiger partial charge in [0, 0.05) is 16.7 Å². The molecule has 7 aromatic carbocycles. The van der Waals surface area contributed by atoms with Gasteiger partial charge in [-0.3, -0.25) is 14.0 Å². The maximum Gasteiger partial charge on any atom is 0.343 e. The second-order valence-corrected chi connectivity index (χ2v) is 15.0. The molecule has 4 aromatic heterocycles. The molecule has 0 amide bonds. The van der Waals surface area contributed by atoms with Crippen LogP contribution in [-0.4, -0.2) is 41.1 Å². The van der Waals surface area contributed by atoms with Crippen LogP contribution in [0.25, 0.3) is 83.6 Å². The minimum absolute atomic E-state index is 0.0338. The number of esters is 1. The smallest absolute Gasteiger partial charge is 0.343 e. The third-order valence-corrected chi connectivity index (χ3v) is 11.1. The van der Waals surface area contributed by atoms with E-state index < -0.39 is 17.3 Å². The lowest BCUT2D eigenvalue weighted by Crippen LogP contribution is -2.26. The van der Waals surface area contributed by atoms with Crippen molar-refractivity contribution in [3.63, 3.8) is 0 Å². The molecule has 0 spiro atoms. The lowest BCUT2D eigenvalue weighted by atomic mass is 9.94. The molecule has 0 aliphatic carbocycles. The van der Waals surface area contributed by atoms with Crippen molar-refractivity contribution in [3.8, 4) is 50.8 Å². The number of pyridine rings is 1. The van der Waals surface area contributed by atoms with Crippen LogP contribution in [0.3, 0.4) is 0 Å². The van der Waals surface area contributed by atoms with Gasteiger partial charge in [-0.05, 0) is 48.5 Å². The average molecular weight is 829 g/mol. The number of carbonyl (C=O) groups excluding carboxylic acids is 2. The van der Waals surface area contributed by atoms with E-state index >= 15 is 9.59 Å². The van der Waals surface area contributed by atoms with Gasteiger partial charge in [0.2, 0.25) is 5.78 Å². The highest BCUT2D eigenvalue weighted by Crippen LogP contribution is 2.42. The van der Waals surface area contributed by atoms with E-state index in [1.54, 1.807) is 54.6 Å². The third-order valence-electron chi connectivity index (χ3n) is 11.1. The van der Waals surface area contributed by atoms with E-state index in [-0.39, 0.29) is 39.3 Å². The molecule has 0 N–H and O–H groups in total. The fourth-order valence-electron chi connectivity index (χ4n) is 8.12. The molecule has 10 nitrogen and oxygen atoms in total. The Morgan fingerprint density at radius 1 is 0.422 bits per heavy atom. The highest BCUT2D eigenvalue weighted by atomic mass is 16.5. The molecule has 302 valence electrons. The summed E-state index contributed by atoms with van der Waals surface area (Å²) in [6.45, 7) is 0. The second-order valence-electron chi connectivity index (χ2n) is 15.0. The van der Waals surface area contributed by atoms with E-state index in [0.29, 0.717) is 66.9 Å². The monoisotopic (exact) mass is 828 g/mol. The lowest BCUT2D eigenvalue weighted by molar-refractivity contribution is 0.0733. The fourth-order valence-corrected chi connectivity index (χ4v) is 8.12. The van der Waals surface area contributed by atoms with Crippen molar-refractivity contribution >= 4 is 50.4 Å². The number of nitrogens with zero attached hydrogens (tertiary/aromatic N) is 6. The number of hydrogen-bond donors (Lipinski definition) is 0. The zero-order valence-corrected chi connectivity index (χ0v) is 33.8. The van der Waals surface area contributed by atoms with Crippen molar-refractivity contribution < 1.29 is 14.3 Å². The summed E-state index contributed by atoms with van der Waals surface area (Å²) in [6, 6.07) is 58.2. The summed E-state index contributed by atoms with van der Waals surface area (Å²) in [5.41, 5.74) is 5.21. The average Bonchev–Trinajstić information content (AvgIpc) is 3.36. The van der Waals surface area contributed by atoms with Gasteiger partial charge in [0.1, 0.15) is 22.6 Å². The molecule has 10 heteroatoms. The molecular formula is C54H32N6O4. The van der Waals surface area contributed by atoms with Crippen LogP contribution in [0.15, 0.2) is 199 Å². The van der Waals surface area contributed by atoms with Crippen LogP contribution in [0.2, 0.25) is 0 Å². The van der Waals surface area contributed by atoms with E-state index in [4.69, 9.17) is 29.7 Å². The lowest BCUT2D eigenvalue weighted by Gasteiger charge is -2.21. The molecule has 0 aliphatic rings. The first-order chi connectivity index (χ1) is 31.5. The molecule has 0 saturated heterocycles. The van der Waals surface area contributed by atoms with Gasteiger partial charge in [0.05, 0.1) is 61.1 Å². The predicted octanol–water partition coefficient (Wildman–Crippen LogP) is 10.9. The van der Waals surface area contributed by atoms with E-state index in [2.05, 4.69) is 0 Å². The van der Waals surface area contributed by atoms with E-state index in [0.717, 1.165) is 0 Å². The number of rotatable bonds is 8. The van der Waals surface area contributed by atoms with E-state index in [1.807, 2.05) is 140 Å². The predicted molar refractivity (Wildman–Crippen MR) is 248 cm³/mol. The molecule has 11 rings (SSSR count). The second kappa shape index (κ2) is 15.8. The van der Waals surface area contributed by atoms with Gasteiger partial charge < -0.3 is 4.74 Å². The Morgan fingerprint density at radius 3 is 1.42 bits per heavy atom. The first-order valence-corrected chi connectivity index (χ1v) is 20.6. The molecule has 64 heavy (non-hydrogen) atoms. The minimum atomic E-state index is -0.808. The topological polar surface area (TPSA) is 129 Å². The quantitative estimate of drug-likeness (QED) is 0.0835. The van der Waals surface area contributed by atoms with Crippen LogP contribution in [0.1, 0.15) is 26.4 Å². The highest BCUT2D eigenvalue weighted by molar-refractivity contribution is 6.20. The summed E-state index contributed by atoms with van der Waals surface area (Å²) >= 11 is 0. The molecule has 0 bridgehead atoms. The number of carbonyl (C=O) groups is 2. The van der Waals surface area contributed by atoms with Gasteiger partial charge >= 0.3 is 5.97 Å². The van der Waals surface area contributed by atoms with Crippen LogP contribution < -0.4 is 10.3 Å². The van der Waals surface area contributed by atoms with Crippen LogP contribution in [0, 0.1) is 0 Å². The number of aromatic nitrogens is 6. The van der Waals surface area contributed by atoms with Crippen molar-refractivity contribution in [2.75, 3.05) is 0 Å². The minimum Gasteiger partial charge on any atom is -0.421 e. The SMILES string of the molecule is O=C(Oc1c(-c2nc3ccccc3nc2-c2ccccc2)c(=O)n2c(c(-c3ccccc3)nc3ccccc32)c1C(=O)c1nc2ccccc2nc1-c1ccccc1)c1ccccc1. The number of fused-ring (bicyclic) bond motifs is 5. The fraction of sp³-hybridized carbons (Fsp3) is 0. The summed E-state index contributed by atoms with van der Waals surface area (Å²) in [5.74, 6) is -1.80. The maximum atomic E-state index is 16.3. The van der Waals surface area contributed by atoms with Crippen molar-refractivity contribution in [2.45, 2.75) is 0 Å². The first kappa shape index (κ1) is 37.9. The zero-order valence-electron chi connectivity index (χ0n) is 33.8. The molecule has 0 fully saturated rings. The normalized spacial score (nSPS) is 11.3. The number of ketones is 1. The summed E-state index contributed by atoms with van der Waals surface area (Å²) in [6.07, 6.45) is 0. The molecule has 0 aliphatic heterocycles. The Kier molecular flexibility index (Phi) is 9.36. The Bertz CT molecular complexity index is 3700. The standard InChI is InChI=1S/C54H32N6O4/c61-51(49-46(34-21-7-2-8-22-34)56-38-28-14-16-30-40(38)58-49)44-50-47(35-23-9-3-10-24-35)59-41-31-17-18-32-42(41)60(50)53(62)43(52(44)64-54(63)36-25-11-4-12-26-36)48-45(33-19-5-1-6-20-33)55-37-27-13-15-29-39(37)57-48/h1-32H. The van der Waals surface area contributed by atoms with Crippen LogP contribution >= 0.6 is 0 Å². The molecule has 0 saturated carbocycles. The summed E-state index contributed by atoms with van der Waals surface area (Å²) in [4.78, 5) is 72.5. The Labute approximate surface area is 364 Å². The first-order valence-electron chi connectivity index (χ1n) is 20.6. The van der Waals surface area contributed by atoms with Gasteiger partial charge in [-0.25, -0.2) is 29.7 Å². The van der Waals surface area contributed by atoms with Gasteiger partial charge in [0.25, 0.3) is 5.56 Å². The molecular weight excluding hydrogens is 797 g/mol. The van der Waals surface area contributed by atoms with Gasteiger partial charge in [-0.15, -0.1) is 0 Å². The molecule has 0 radical (unpaired) electrons.